The third kappa shape index (κ3) is 1.71. The van der Waals surface area contributed by atoms with Gasteiger partial charge in [0.15, 0.2) is 6.10 Å². The molecule has 1 amide bonds. The number of fused-ring (bicyclic) bond motifs is 1. The fourth-order valence-electron chi connectivity index (χ4n) is 1.63. The van der Waals surface area contributed by atoms with E-state index in [-0.39, 0.29) is 0 Å². The van der Waals surface area contributed by atoms with Gasteiger partial charge >= 0.3 is 0 Å². The van der Waals surface area contributed by atoms with Gasteiger partial charge in [0, 0.05) is 12.6 Å². The first-order valence-electron chi connectivity index (χ1n) is 4.62. The molecule has 3 N–H and O–H groups in total. The van der Waals surface area contributed by atoms with Crippen LogP contribution in [0.15, 0.2) is 30.3 Å². The molecular formula is C11H12N2O2. The van der Waals surface area contributed by atoms with Crippen molar-refractivity contribution >= 4 is 16.8 Å². The number of nitrogens with two attached hydrogens (primary N) is 1. The van der Waals surface area contributed by atoms with Gasteiger partial charge < -0.3 is 15.5 Å². The highest BCUT2D eigenvalue weighted by molar-refractivity contribution is 5.85. The molecule has 0 bridgehead atoms. The first kappa shape index (κ1) is 9.73. The summed E-state index contributed by atoms with van der Waals surface area (Å²) in [6.45, 7) is 0. The van der Waals surface area contributed by atoms with Crippen LogP contribution in [0.25, 0.3) is 10.9 Å². The zero-order chi connectivity index (χ0) is 10.8. The average Bonchev–Trinajstić information content (AvgIpc) is 2.61. The number of methoxy groups -OCH3 is 1. The normalized spacial score (nSPS) is 12.9. The van der Waals surface area contributed by atoms with Gasteiger partial charge in [0.1, 0.15) is 0 Å². The van der Waals surface area contributed by atoms with Crippen LogP contribution in [0.1, 0.15) is 11.8 Å². The predicted molar refractivity (Wildman–Crippen MR) is 57.2 cm³/mol. The second-order valence-electron chi connectivity index (χ2n) is 3.33. The van der Waals surface area contributed by atoms with E-state index in [9.17, 15) is 4.79 Å². The molecule has 15 heavy (non-hydrogen) atoms. The molecule has 0 saturated heterocycles. The van der Waals surface area contributed by atoms with Crippen molar-refractivity contribution < 1.29 is 9.53 Å². The number of amides is 1. The van der Waals surface area contributed by atoms with Gasteiger partial charge in [-0.3, -0.25) is 4.79 Å². The number of carbonyl (C=O) groups excluding carboxylic acids is 1. The molecule has 0 aliphatic heterocycles. The molecule has 0 aliphatic carbocycles. The van der Waals surface area contributed by atoms with Gasteiger partial charge in [0.05, 0.1) is 5.69 Å². The molecule has 78 valence electrons. The lowest BCUT2D eigenvalue weighted by Gasteiger charge is -2.08. The molecule has 0 radical (unpaired) electrons. The predicted octanol–water partition coefficient (Wildman–Crippen LogP) is 1.34. The number of nitrogens with one attached hydrogen (secondary N) is 1. The summed E-state index contributed by atoms with van der Waals surface area (Å²) < 4.78 is 5.02. The Kier molecular flexibility index (Phi) is 2.43. The maximum absolute atomic E-state index is 11.1. The molecule has 0 fully saturated rings. The highest BCUT2D eigenvalue weighted by atomic mass is 16.5. The van der Waals surface area contributed by atoms with Crippen LogP contribution in [0.5, 0.6) is 0 Å². The van der Waals surface area contributed by atoms with Crippen molar-refractivity contribution in [1.29, 1.82) is 0 Å². The fourth-order valence-corrected chi connectivity index (χ4v) is 1.63. The molecule has 2 aromatic rings. The molecule has 4 nitrogen and oxygen atoms in total. The van der Waals surface area contributed by atoms with Gasteiger partial charge in [-0.2, -0.15) is 0 Å². The molecule has 1 atom stereocenters. The summed E-state index contributed by atoms with van der Waals surface area (Å²) in [6, 6.07) is 9.63. The van der Waals surface area contributed by atoms with Gasteiger partial charge in [-0.15, -0.1) is 0 Å². The van der Waals surface area contributed by atoms with E-state index >= 15 is 0 Å². The number of aromatic amines is 1. The molecular weight excluding hydrogens is 192 g/mol. The van der Waals surface area contributed by atoms with E-state index in [0.29, 0.717) is 5.69 Å². The van der Waals surface area contributed by atoms with Gasteiger partial charge in [0.25, 0.3) is 5.91 Å². The topological polar surface area (TPSA) is 68.1 Å². The number of benzene rings is 1. The number of H-pyrrole nitrogens is 1. The van der Waals surface area contributed by atoms with Crippen molar-refractivity contribution in [3.8, 4) is 0 Å². The lowest BCUT2D eigenvalue weighted by Crippen LogP contribution is -2.22. The number of carbonyl (C=O) groups is 1. The Morgan fingerprint density at radius 3 is 2.80 bits per heavy atom. The number of aromatic nitrogens is 1. The van der Waals surface area contributed by atoms with Crippen molar-refractivity contribution in [2.24, 2.45) is 5.73 Å². The van der Waals surface area contributed by atoms with E-state index in [1.807, 2.05) is 30.3 Å². The van der Waals surface area contributed by atoms with Crippen molar-refractivity contribution in [3.63, 3.8) is 0 Å². The highest BCUT2D eigenvalue weighted by Gasteiger charge is 2.18. The fraction of sp³-hybridized carbons (Fsp3) is 0.182. The minimum Gasteiger partial charge on any atom is -0.367 e. The Morgan fingerprint density at radius 1 is 1.47 bits per heavy atom. The highest BCUT2D eigenvalue weighted by Crippen LogP contribution is 2.21. The standard InChI is InChI=1S/C11H12N2O2/c1-15-10(11(12)14)9-6-7-4-2-3-5-8(7)13-9/h2-6,10,13H,1H3,(H2,12,14). The summed E-state index contributed by atoms with van der Waals surface area (Å²) in [6.07, 6.45) is -0.711. The SMILES string of the molecule is COC(C(N)=O)c1cc2ccccc2[nH]1. The molecule has 1 unspecified atom stereocenters. The number of rotatable bonds is 3. The summed E-state index contributed by atoms with van der Waals surface area (Å²) >= 11 is 0. The smallest absolute Gasteiger partial charge is 0.252 e. The van der Waals surface area contributed by atoms with E-state index in [0.717, 1.165) is 10.9 Å². The summed E-state index contributed by atoms with van der Waals surface area (Å²) in [7, 11) is 1.46. The molecule has 0 spiro atoms. The van der Waals surface area contributed by atoms with Crippen molar-refractivity contribution in [2.45, 2.75) is 6.10 Å². The molecule has 0 aliphatic rings. The van der Waals surface area contributed by atoms with Crippen LogP contribution in [0, 0.1) is 0 Å². The third-order valence-corrected chi connectivity index (χ3v) is 2.33. The van der Waals surface area contributed by atoms with Gasteiger partial charge in [-0.1, -0.05) is 18.2 Å². The van der Waals surface area contributed by atoms with Crippen LogP contribution in [-0.4, -0.2) is 18.0 Å². The Labute approximate surface area is 87.0 Å². The number of para-hydroxylation sites is 1. The van der Waals surface area contributed by atoms with E-state index in [1.165, 1.54) is 7.11 Å². The summed E-state index contributed by atoms with van der Waals surface area (Å²) in [5.74, 6) is -0.496. The summed E-state index contributed by atoms with van der Waals surface area (Å²) in [4.78, 5) is 14.2. The van der Waals surface area contributed by atoms with E-state index in [2.05, 4.69) is 4.98 Å². The number of hydrogen-bond donors (Lipinski definition) is 2. The molecule has 1 heterocycles. The maximum atomic E-state index is 11.1. The van der Waals surface area contributed by atoms with Crippen LogP contribution < -0.4 is 5.73 Å². The third-order valence-electron chi connectivity index (χ3n) is 2.33. The quantitative estimate of drug-likeness (QED) is 0.792. The van der Waals surface area contributed by atoms with Crippen molar-refractivity contribution in [3.05, 3.63) is 36.0 Å². The maximum Gasteiger partial charge on any atom is 0.252 e. The Balaban J connectivity index is 2.47. The van der Waals surface area contributed by atoms with E-state index < -0.39 is 12.0 Å². The van der Waals surface area contributed by atoms with Crippen molar-refractivity contribution in [2.75, 3.05) is 7.11 Å². The summed E-state index contributed by atoms with van der Waals surface area (Å²) in [5, 5.41) is 1.04. The minimum absolute atomic E-state index is 0.496. The zero-order valence-corrected chi connectivity index (χ0v) is 8.36. The molecule has 1 aromatic carbocycles. The second-order valence-corrected chi connectivity index (χ2v) is 3.33. The van der Waals surface area contributed by atoms with E-state index in [4.69, 9.17) is 10.5 Å². The average molecular weight is 204 g/mol. The zero-order valence-electron chi connectivity index (χ0n) is 8.36. The number of primary amides is 1. The van der Waals surface area contributed by atoms with Crippen LogP contribution in [-0.2, 0) is 9.53 Å². The van der Waals surface area contributed by atoms with Crippen LogP contribution in [0.3, 0.4) is 0 Å². The Bertz CT molecular complexity index is 457. The largest absolute Gasteiger partial charge is 0.367 e. The first-order valence-corrected chi connectivity index (χ1v) is 4.62. The van der Waals surface area contributed by atoms with Crippen molar-refractivity contribution in [1.82, 2.24) is 4.98 Å². The van der Waals surface area contributed by atoms with Gasteiger partial charge in [-0.25, -0.2) is 0 Å². The Morgan fingerprint density at radius 2 is 2.20 bits per heavy atom. The van der Waals surface area contributed by atoms with Gasteiger partial charge in [0.2, 0.25) is 0 Å². The second kappa shape index (κ2) is 3.74. The number of hydrogen-bond acceptors (Lipinski definition) is 2. The van der Waals surface area contributed by atoms with E-state index in [1.54, 1.807) is 0 Å². The summed E-state index contributed by atoms with van der Waals surface area (Å²) in [5.41, 5.74) is 6.87. The minimum atomic E-state index is -0.711. The molecule has 2 rings (SSSR count). The lowest BCUT2D eigenvalue weighted by molar-refractivity contribution is -0.128. The van der Waals surface area contributed by atoms with Crippen LogP contribution in [0.2, 0.25) is 0 Å². The van der Waals surface area contributed by atoms with Gasteiger partial charge in [-0.05, 0) is 17.5 Å². The molecule has 0 saturated carbocycles. The monoisotopic (exact) mass is 204 g/mol. The molecule has 4 heteroatoms. The Hall–Kier alpha value is -1.81. The first-order chi connectivity index (χ1) is 7.22. The van der Waals surface area contributed by atoms with Crippen LogP contribution >= 0.6 is 0 Å². The lowest BCUT2D eigenvalue weighted by atomic mass is 10.2. The number of ether oxygens (including phenoxy) is 1. The van der Waals surface area contributed by atoms with Crippen LogP contribution in [0.4, 0.5) is 0 Å². The molecule has 1 aromatic heterocycles.